The molecule has 34 heavy (non-hydrogen) atoms. The Kier molecular flexibility index (Phi) is 9.75. The number of ether oxygens (including phenoxy) is 3. The Morgan fingerprint density at radius 1 is 0.529 bits per heavy atom. The van der Waals surface area contributed by atoms with Gasteiger partial charge in [-0.3, -0.25) is 0 Å². The van der Waals surface area contributed by atoms with Crippen LogP contribution in [0.5, 0.6) is 34.5 Å². The predicted molar refractivity (Wildman–Crippen MR) is 136 cm³/mol. The molecule has 0 N–H and O–H groups in total. The summed E-state index contributed by atoms with van der Waals surface area (Å²) in [6.07, 6.45) is 0. The highest BCUT2D eigenvalue weighted by Gasteiger charge is 2.31. The molecule has 0 bridgehead atoms. The van der Waals surface area contributed by atoms with Gasteiger partial charge in [0.1, 0.15) is 34.5 Å². The quantitative estimate of drug-likeness (QED) is 0.230. The van der Waals surface area contributed by atoms with Gasteiger partial charge in [-0.2, -0.15) is 0 Å². The van der Waals surface area contributed by atoms with Crippen molar-refractivity contribution in [2.75, 3.05) is 19.8 Å². The zero-order valence-corrected chi connectivity index (χ0v) is 21.2. The summed E-state index contributed by atoms with van der Waals surface area (Å²) in [4.78, 5) is 0. The molecule has 0 heterocycles. The van der Waals surface area contributed by atoms with Crippen LogP contribution in [0.3, 0.4) is 0 Å². The van der Waals surface area contributed by atoms with Crippen LogP contribution < -0.4 is 28.2 Å². The minimum absolute atomic E-state index is 0.395. The molecule has 0 radical (unpaired) electrons. The molecular formula is C24H24BCl3O6. The van der Waals surface area contributed by atoms with Gasteiger partial charge in [0.25, 0.3) is 0 Å². The van der Waals surface area contributed by atoms with Crippen molar-refractivity contribution in [3.63, 3.8) is 0 Å². The van der Waals surface area contributed by atoms with Crippen LogP contribution in [0.25, 0.3) is 0 Å². The fraction of sp³-hybridized carbons (Fsp3) is 0.250. The monoisotopic (exact) mass is 524 g/mol. The summed E-state index contributed by atoms with van der Waals surface area (Å²) in [6, 6.07) is 15.1. The van der Waals surface area contributed by atoms with E-state index < -0.39 is 7.32 Å². The number of hydrogen-bond acceptors (Lipinski definition) is 6. The first-order valence-electron chi connectivity index (χ1n) is 10.7. The standard InChI is InChI=1S/C24H24BCl3O6/c1-4-29-22-10-7-16(13-19(22)26)32-25(33-17-8-11-23(30-5-2)20(27)14-17)34-18-9-12-24(31-6-3)21(28)15-18/h7-15H,4-6H2,1-3H3. The third-order valence-electron chi connectivity index (χ3n) is 4.31. The van der Waals surface area contributed by atoms with E-state index in [1.165, 1.54) is 0 Å². The molecule has 0 fully saturated rings. The van der Waals surface area contributed by atoms with Crippen molar-refractivity contribution >= 4 is 42.1 Å². The highest BCUT2D eigenvalue weighted by Crippen LogP contribution is 2.33. The van der Waals surface area contributed by atoms with Crippen molar-refractivity contribution < 1.29 is 28.2 Å². The summed E-state index contributed by atoms with van der Waals surface area (Å²) in [5.41, 5.74) is 0. The second-order valence-corrected chi connectivity index (χ2v) is 7.94. The van der Waals surface area contributed by atoms with E-state index in [4.69, 9.17) is 63.0 Å². The summed E-state index contributed by atoms with van der Waals surface area (Å²) in [7, 11) is -1.20. The molecule has 0 amide bonds. The van der Waals surface area contributed by atoms with Gasteiger partial charge in [0, 0.05) is 18.2 Å². The Morgan fingerprint density at radius 2 is 0.824 bits per heavy atom. The van der Waals surface area contributed by atoms with Gasteiger partial charge in [0.05, 0.1) is 34.9 Å². The van der Waals surface area contributed by atoms with E-state index in [1.807, 2.05) is 20.8 Å². The van der Waals surface area contributed by atoms with E-state index in [0.717, 1.165) is 0 Å². The largest absolute Gasteiger partial charge is 0.864 e. The Labute approximate surface area is 214 Å². The summed E-state index contributed by atoms with van der Waals surface area (Å²) >= 11 is 18.9. The average Bonchev–Trinajstić information content (AvgIpc) is 2.79. The lowest BCUT2D eigenvalue weighted by Crippen LogP contribution is -2.37. The first kappa shape index (κ1) is 26.0. The Morgan fingerprint density at radius 3 is 1.06 bits per heavy atom. The van der Waals surface area contributed by atoms with Gasteiger partial charge in [0.2, 0.25) is 0 Å². The molecule has 6 nitrogen and oxygen atoms in total. The molecule has 10 heteroatoms. The molecule has 3 rings (SSSR count). The van der Waals surface area contributed by atoms with Crippen molar-refractivity contribution in [2.45, 2.75) is 20.8 Å². The van der Waals surface area contributed by atoms with Gasteiger partial charge in [-0.25, -0.2) is 0 Å². The highest BCUT2D eigenvalue weighted by molar-refractivity contribution is 6.40. The van der Waals surface area contributed by atoms with Crippen molar-refractivity contribution in [3.8, 4) is 34.5 Å². The van der Waals surface area contributed by atoms with Gasteiger partial charge < -0.3 is 28.2 Å². The van der Waals surface area contributed by atoms with E-state index >= 15 is 0 Å². The molecule has 0 saturated heterocycles. The second kappa shape index (κ2) is 12.7. The van der Waals surface area contributed by atoms with Crippen molar-refractivity contribution in [1.82, 2.24) is 0 Å². The lowest BCUT2D eigenvalue weighted by atomic mass is 10.2. The fourth-order valence-corrected chi connectivity index (χ4v) is 3.56. The predicted octanol–water partition coefficient (Wildman–Crippen LogP) is 7.36. The minimum atomic E-state index is -1.20. The van der Waals surface area contributed by atoms with E-state index in [2.05, 4.69) is 0 Å². The summed E-state index contributed by atoms with van der Waals surface area (Å²) in [5.74, 6) is 2.87. The molecular weight excluding hydrogens is 501 g/mol. The first-order chi connectivity index (χ1) is 16.4. The molecule has 0 aromatic heterocycles. The van der Waals surface area contributed by atoms with Crippen molar-refractivity contribution in [3.05, 3.63) is 69.7 Å². The minimum Gasteiger partial charge on any atom is -0.492 e. The summed E-state index contributed by atoms with van der Waals surface area (Å²) < 4.78 is 34.2. The highest BCUT2D eigenvalue weighted by atomic mass is 35.5. The average molecular weight is 526 g/mol. The number of rotatable bonds is 12. The molecule has 0 aliphatic rings. The maximum Gasteiger partial charge on any atom is 0.864 e. The topological polar surface area (TPSA) is 55.4 Å². The molecule has 180 valence electrons. The molecule has 0 atom stereocenters. The van der Waals surface area contributed by atoms with Gasteiger partial charge in [-0.05, 0) is 57.2 Å². The first-order valence-corrected chi connectivity index (χ1v) is 11.8. The van der Waals surface area contributed by atoms with Crippen LogP contribution in [-0.4, -0.2) is 27.1 Å². The molecule has 0 saturated carbocycles. The SMILES string of the molecule is CCOc1ccc(OB(Oc2ccc(OCC)c(Cl)c2)Oc2ccc(OCC)c(Cl)c2)cc1Cl. The van der Waals surface area contributed by atoms with Crippen molar-refractivity contribution in [1.29, 1.82) is 0 Å². The normalized spacial score (nSPS) is 10.4. The third kappa shape index (κ3) is 7.19. The zero-order chi connectivity index (χ0) is 24.5. The Hall–Kier alpha value is -2.61. The fourth-order valence-electron chi connectivity index (χ4n) is 2.89. The van der Waals surface area contributed by atoms with E-state index in [0.29, 0.717) is 69.4 Å². The van der Waals surface area contributed by atoms with Crippen LogP contribution in [0.15, 0.2) is 54.6 Å². The third-order valence-corrected chi connectivity index (χ3v) is 5.19. The van der Waals surface area contributed by atoms with Gasteiger partial charge in [-0.1, -0.05) is 34.8 Å². The van der Waals surface area contributed by atoms with Crippen LogP contribution >= 0.6 is 34.8 Å². The molecule has 0 unspecified atom stereocenters. The van der Waals surface area contributed by atoms with E-state index in [-0.39, 0.29) is 0 Å². The number of hydrogen-bond donors (Lipinski definition) is 0. The van der Waals surface area contributed by atoms with Crippen molar-refractivity contribution in [2.24, 2.45) is 0 Å². The summed E-state index contributed by atoms with van der Waals surface area (Å²) in [5, 5.41) is 1.18. The van der Waals surface area contributed by atoms with Crippen LogP contribution in [0, 0.1) is 0 Å². The maximum absolute atomic E-state index is 6.30. The van der Waals surface area contributed by atoms with Crippen LogP contribution in [0.4, 0.5) is 0 Å². The maximum atomic E-state index is 6.30. The van der Waals surface area contributed by atoms with E-state index in [1.54, 1.807) is 54.6 Å². The molecule has 0 spiro atoms. The van der Waals surface area contributed by atoms with E-state index in [9.17, 15) is 0 Å². The second-order valence-electron chi connectivity index (χ2n) is 6.72. The van der Waals surface area contributed by atoms with Gasteiger partial charge in [0.15, 0.2) is 0 Å². The molecule has 0 aliphatic heterocycles. The molecule has 3 aromatic rings. The Balaban J connectivity index is 1.84. The number of benzene rings is 3. The summed E-state index contributed by atoms with van der Waals surface area (Å²) in [6.45, 7) is 7.11. The van der Waals surface area contributed by atoms with Crippen LogP contribution in [0.1, 0.15) is 20.8 Å². The lowest BCUT2D eigenvalue weighted by Gasteiger charge is -2.18. The van der Waals surface area contributed by atoms with Crippen LogP contribution in [0.2, 0.25) is 15.1 Å². The molecule has 0 aliphatic carbocycles. The lowest BCUT2D eigenvalue weighted by molar-refractivity contribution is 0.304. The number of halogens is 3. The zero-order valence-electron chi connectivity index (χ0n) is 19.0. The molecule has 3 aromatic carbocycles. The van der Waals surface area contributed by atoms with Gasteiger partial charge in [-0.15, -0.1) is 0 Å². The Bertz CT molecular complexity index is 962. The van der Waals surface area contributed by atoms with Crippen LogP contribution in [-0.2, 0) is 0 Å². The smallest absolute Gasteiger partial charge is 0.492 e. The van der Waals surface area contributed by atoms with Gasteiger partial charge >= 0.3 is 7.32 Å².